The van der Waals surface area contributed by atoms with Gasteiger partial charge in [-0.2, -0.15) is 5.26 Å². The van der Waals surface area contributed by atoms with E-state index in [9.17, 15) is 4.79 Å². The zero-order valence-electron chi connectivity index (χ0n) is 14.6. The Hall–Kier alpha value is -2.52. The van der Waals surface area contributed by atoms with Gasteiger partial charge in [-0.1, -0.05) is 22.8 Å². The second-order valence-electron chi connectivity index (χ2n) is 6.57. The number of carbonyl (C=O) groups excluding carboxylic acids is 1. The number of halogens is 1. The molecule has 0 aliphatic rings. The van der Waals surface area contributed by atoms with Crippen molar-refractivity contribution < 1.29 is 14.1 Å². The topological polar surface area (TPSA) is 88.2 Å². The highest BCUT2D eigenvalue weighted by Crippen LogP contribution is 2.30. The number of nitrogens with one attached hydrogen (secondary N) is 1. The molecule has 7 heteroatoms. The Morgan fingerprint density at radius 2 is 2.16 bits per heavy atom. The highest BCUT2D eigenvalue weighted by Gasteiger charge is 2.16. The third-order valence-electron chi connectivity index (χ3n) is 3.38. The molecular formula is C18H20ClN3O3. The molecule has 0 aliphatic heterocycles. The third-order valence-corrected chi connectivity index (χ3v) is 3.87. The fourth-order valence-electron chi connectivity index (χ4n) is 2.21. The maximum atomic E-state index is 11.6. The lowest BCUT2D eigenvalue weighted by Gasteiger charge is -2.19. The van der Waals surface area contributed by atoms with Crippen molar-refractivity contribution in [2.24, 2.45) is 0 Å². The van der Waals surface area contributed by atoms with Gasteiger partial charge in [-0.05, 0) is 39.3 Å². The summed E-state index contributed by atoms with van der Waals surface area (Å²) in [6.45, 7) is 7.62. The van der Waals surface area contributed by atoms with Crippen LogP contribution in [0.15, 0.2) is 22.7 Å². The van der Waals surface area contributed by atoms with Crippen LogP contribution < -0.4 is 5.32 Å². The van der Waals surface area contributed by atoms with Gasteiger partial charge in [0.05, 0.1) is 10.6 Å². The van der Waals surface area contributed by atoms with Crippen LogP contribution in [0, 0.1) is 18.3 Å². The van der Waals surface area contributed by atoms with E-state index in [-0.39, 0.29) is 0 Å². The first-order valence-corrected chi connectivity index (χ1v) is 8.21. The molecule has 1 amide bonds. The van der Waals surface area contributed by atoms with Crippen molar-refractivity contribution in [1.29, 1.82) is 5.26 Å². The molecule has 0 radical (unpaired) electrons. The molecule has 25 heavy (non-hydrogen) atoms. The highest BCUT2D eigenvalue weighted by atomic mass is 35.5. The molecule has 1 aromatic heterocycles. The maximum absolute atomic E-state index is 11.6. The average molecular weight is 362 g/mol. The molecule has 0 bridgehead atoms. The lowest BCUT2D eigenvalue weighted by atomic mass is 10.0. The predicted octanol–water partition coefficient (Wildman–Crippen LogP) is 4.24. The van der Waals surface area contributed by atoms with E-state index in [4.69, 9.17) is 26.1 Å². The molecule has 0 fully saturated rings. The zero-order valence-corrected chi connectivity index (χ0v) is 15.4. The van der Waals surface area contributed by atoms with E-state index < -0.39 is 11.7 Å². The number of rotatable bonds is 4. The molecule has 1 heterocycles. The number of amides is 1. The van der Waals surface area contributed by atoms with Gasteiger partial charge in [0.15, 0.2) is 0 Å². The van der Waals surface area contributed by atoms with Gasteiger partial charge in [0.2, 0.25) is 0 Å². The Labute approximate surface area is 151 Å². The monoisotopic (exact) mass is 361 g/mol. The summed E-state index contributed by atoms with van der Waals surface area (Å²) in [5.41, 5.74) is 2.10. The molecule has 0 saturated heterocycles. The summed E-state index contributed by atoms with van der Waals surface area (Å²) in [5.74, 6) is 0.631. The summed E-state index contributed by atoms with van der Waals surface area (Å²) in [7, 11) is 0. The molecule has 0 saturated carbocycles. The lowest BCUT2D eigenvalue weighted by Crippen LogP contribution is -2.33. The van der Waals surface area contributed by atoms with Gasteiger partial charge < -0.3 is 14.6 Å². The van der Waals surface area contributed by atoms with Crippen molar-refractivity contribution in [3.63, 3.8) is 0 Å². The maximum Gasteiger partial charge on any atom is 0.407 e. The van der Waals surface area contributed by atoms with E-state index in [1.165, 1.54) is 0 Å². The molecule has 1 aromatic carbocycles. The molecule has 2 aromatic rings. The van der Waals surface area contributed by atoms with E-state index in [1.807, 2.05) is 13.0 Å². The molecule has 2 rings (SSSR count). The Balaban J connectivity index is 2.01. The molecule has 0 atom stereocenters. The zero-order chi connectivity index (χ0) is 18.6. The van der Waals surface area contributed by atoms with Crippen molar-refractivity contribution in [1.82, 2.24) is 10.5 Å². The van der Waals surface area contributed by atoms with Crippen molar-refractivity contribution in [3.05, 3.63) is 40.1 Å². The van der Waals surface area contributed by atoms with Crippen molar-refractivity contribution >= 4 is 17.7 Å². The van der Waals surface area contributed by atoms with E-state index >= 15 is 0 Å². The van der Waals surface area contributed by atoms with Crippen LogP contribution in [0.5, 0.6) is 0 Å². The number of aromatic nitrogens is 1. The number of nitrogens with zero attached hydrogens (tertiary/aromatic N) is 2. The Bertz CT molecular complexity index is 816. The lowest BCUT2D eigenvalue weighted by molar-refractivity contribution is 0.0528. The van der Waals surface area contributed by atoms with Crippen LogP contribution in [0.25, 0.3) is 11.3 Å². The van der Waals surface area contributed by atoms with Crippen LogP contribution in [0.4, 0.5) is 4.79 Å². The smallest absolute Gasteiger partial charge is 0.407 e. The second-order valence-corrected chi connectivity index (χ2v) is 6.95. The number of alkyl carbamates (subject to hydrolysis) is 1. The summed E-state index contributed by atoms with van der Waals surface area (Å²) in [6.07, 6.45) is 0.0110. The van der Waals surface area contributed by atoms with Gasteiger partial charge >= 0.3 is 6.09 Å². The molecule has 0 unspecified atom stereocenters. The van der Waals surface area contributed by atoms with Crippen LogP contribution in [-0.2, 0) is 11.2 Å². The van der Waals surface area contributed by atoms with Crippen molar-refractivity contribution in [2.45, 2.75) is 39.7 Å². The van der Waals surface area contributed by atoms with Crippen LogP contribution in [-0.4, -0.2) is 23.4 Å². The molecule has 0 aliphatic carbocycles. The van der Waals surface area contributed by atoms with E-state index in [0.29, 0.717) is 35.0 Å². The normalized spacial score (nSPS) is 11.0. The molecule has 1 N–H and O–H groups in total. The van der Waals surface area contributed by atoms with Gasteiger partial charge in [-0.15, -0.1) is 0 Å². The fraction of sp³-hybridized carbons (Fsp3) is 0.389. The minimum absolute atomic E-state index is 0.372. The summed E-state index contributed by atoms with van der Waals surface area (Å²) in [5, 5.41) is 16.1. The number of benzene rings is 1. The van der Waals surface area contributed by atoms with Gasteiger partial charge in [-0.25, -0.2) is 4.79 Å². The van der Waals surface area contributed by atoms with Gasteiger partial charge in [0.25, 0.3) is 0 Å². The van der Waals surface area contributed by atoms with E-state index in [2.05, 4.69) is 10.5 Å². The highest BCUT2D eigenvalue weighted by molar-refractivity contribution is 6.32. The van der Waals surface area contributed by atoms with Crippen molar-refractivity contribution in [3.8, 4) is 17.3 Å². The molecule has 6 nitrogen and oxygen atoms in total. The van der Waals surface area contributed by atoms with Crippen molar-refractivity contribution in [2.75, 3.05) is 6.54 Å². The first-order valence-electron chi connectivity index (χ1n) is 7.83. The third kappa shape index (κ3) is 4.97. The van der Waals surface area contributed by atoms with Gasteiger partial charge in [0, 0.05) is 24.6 Å². The van der Waals surface area contributed by atoms with Gasteiger partial charge in [-0.3, -0.25) is 0 Å². The van der Waals surface area contributed by atoms with E-state index in [0.717, 1.165) is 11.1 Å². The first kappa shape index (κ1) is 18.8. The van der Waals surface area contributed by atoms with Crippen LogP contribution in [0.2, 0.25) is 5.02 Å². The summed E-state index contributed by atoms with van der Waals surface area (Å²) >= 11 is 6.18. The molecular weight excluding hydrogens is 342 g/mol. The fourth-order valence-corrected chi connectivity index (χ4v) is 2.42. The van der Waals surface area contributed by atoms with E-state index in [1.54, 1.807) is 39.0 Å². The minimum Gasteiger partial charge on any atom is -0.444 e. The largest absolute Gasteiger partial charge is 0.444 e. The van der Waals surface area contributed by atoms with Crippen LogP contribution in [0.1, 0.15) is 37.7 Å². The number of hydrogen-bond donors (Lipinski definition) is 1. The quantitative estimate of drug-likeness (QED) is 0.879. The Kier molecular flexibility index (Phi) is 5.70. The molecule has 132 valence electrons. The Morgan fingerprint density at radius 3 is 2.80 bits per heavy atom. The van der Waals surface area contributed by atoms with Gasteiger partial charge in [0.1, 0.15) is 23.1 Å². The number of ether oxygens (including phenoxy) is 1. The van der Waals surface area contributed by atoms with Crippen LogP contribution in [0.3, 0.4) is 0 Å². The minimum atomic E-state index is -0.532. The predicted molar refractivity (Wildman–Crippen MR) is 94.3 cm³/mol. The average Bonchev–Trinajstić information content (AvgIpc) is 2.96. The number of carbonyl (C=O) groups is 1. The number of nitriles is 1. The van der Waals surface area contributed by atoms with Crippen LogP contribution >= 0.6 is 11.6 Å². The summed E-state index contributed by atoms with van der Waals surface area (Å²) in [4.78, 5) is 11.6. The molecule has 0 spiro atoms. The number of hydrogen-bond acceptors (Lipinski definition) is 5. The standard InChI is InChI=1S/C18H20ClN3O3/c1-11-14(6-5-12(10-20)16(11)19)15-9-13(25-22-15)7-8-21-17(23)24-18(2,3)4/h5-6,9H,7-8H2,1-4H3,(H,21,23). The summed E-state index contributed by atoms with van der Waals surface area (Å²) < 4.78 is 10.5. The summed E-state index contributed by atoms with van der Waals surface area (Å²) in [6, 6.07) is 7.29. The second kappa shape index (κ2) is 7.58. The first-order chi connectivity index (χ1) is 11.7. The Morgan fingerprint density at radius 1 is 1.44 bits per heavy atom. The SMILES string of the molecule is Cc1c(-c2cc(CCNC(=O)OC(C)(C)C)on2)ccc(C#N)c1Cl.